The van der Waals surface area contributed by atoms with Gasteiger partial charge in [-0.1, -0.05) is 48.0 Å². The summed E-state index contributed by atoms with van der Waals surface area (Å²) in [5, 5.41) is 0. The molecule has 0 N–H and O–H groups in total. The maximum absolute atomic E-state index is 12.7. The van der Waals surface area contributed by atoms with Gasteiger partial charge in [-0.25, -0.2) is 4.79 Å². The van der Waals surface area contributed by atoms with Crippen LogP contribution in [0.5, 0.6) is 0 Å². The summed E-state index contributed by atoms with van der Waals surface area (Å²) in [5.41, 5.74) is -3.24. The Balaban J connectivity index is 5.58. The fourth-order valence-electron chi connectivity index (χ4n) is 2.37. The van der Waals surface area contributed by atoms with E-state index in [1.54, 1.807) is 20.8 Å². The van der Waals surface area contributed by atoms with Crippen LogP contribution in [-0.4, -0.2) is 36.0 Å². The molecule has 0 aromatic heterocycles. The molecule has 0 heterocycles. The molecule has 0 rings (SSSR count). The van der Waals surface area contributed by atoms with E-state index in [0.29, 0.717) is 6.42 Å². The SMILES string of the molecule is CCC(C)(C)CC(C(=O)OC(C)(C)C(=O)OC(C(F)(F)F)C(F)(F)F)C(C)(C)C. The van der Waals surface area contributed by atoms with Crippen LogP contribution in [0.15, 0.2) is 0 Å². The summed E-state index contributed by atoms with van der Waals surface area (Å²) in [6.45, 7) is 12.8. The van der Waals surface area contributed by atoms with E-state index in [9.17, 15) is 35.9 Å². The van der Waals surface area contributed by atoms with Crippen molar-refractivity contribution in [2.75, 3.05) is 0 Å². The van der Waals surface area contributed by atoms with Gasteiger partial charge in [0.2, 0.25) is 5.60 Å². The van der Waals surface area contributed by atoms with Crippen LogP contribution in [0.1, 0.15) is 68.2 Å². The molecule has 1 atom stereocenters. The Morgan fingerprint density at radius 3 is 1.55 bits per heavy atom. The number of esters is 2. The van der Waals surface area contributed by atoms with E-state index >= 15 is 0 Å². The largest absolute Gasteiger partial charge is 0.447 e. The molecular formula is C19H30F6O4. The van der Waals surface area contributed by atoms with Crippen LogP contribution in [0.3, 0.4) is 0 Å². The highest BCUT2D eigenvalue weighted by atomic mass is 19.4. The number of alkyl halides is 6. The first-order chi connectivity index (χ1) is 12.5. The fraction of sp³-hybridized carbons (Fsp3) is 0.895. The van der Waals surface area contributed by atoms with E-state index in [-0.39, 0.29) is 5.41 Å². The Labute approximate surface area is 167 Å². The molecule has 29 heavy (non-hydrogen) atoms. The van der Waals surface area contributed by atoms with Crippen molar-refractivity contribution in [2.45, 2.75) is 92.3 Å². The molecule has 0 aromatic rings. The molecule has 0 aromatic carbocycles. The quantitative estimate of drug-likeness (QED) is 0.372. The van der Waals surface area contributed by atoms with Crippen molar-refractivity contribution in [1.29, 1.82) is 0 Å². The lowest BCUT2D eigenvalue weighted by Crippen LogP contribution is -2.50. The van der Waals surface area contributed by atoms with Gasteiger partial charge in [0, 0.05) is 0 Å². The highest BCUT2D eigenvalue weighted by Gasteiger charge is 2.61. The van der Waals surface area contributed by atoms with Gasteiger partial charge in [0.15, 0.2) is 0 Å². The second kappa shape index (κ2) is 8.71. The average Bonchev–Trinajstić information content (AvgIpc) is 2.46. The van der Waals surface area contributed by atoms with Crippen LogP contribution in [0.4, 0.5) is 26.3 Å². The molecule has 0 spiro atoms. The Morgan fingerprint density at radius 1 is 0.828 bits per heavy atom. The Hall–Kier alpha value is -1.48. The fourth-order valence-corrected chi connectivity index (χ4v) is 2.37. The minimum Gasteiger partial charge on any atom is -0.447 e. The Bertz CT molecular complexity index is 571. The third kappa shape index (κ3) is 8.42. The lowest BCUT2D eigenvalue weighted by molar-refractivity contribution is -0.316. The van der Waals surface area contributed by atoms with Crippen molar-refractivity contribution in [3.63, 3.8) is 0 Å². The van der Waals surface area contributed by atoms with Crippen LogP contribution in [-0.2, 0) is 19.1 Å². The smallest absolute Gasteiger partial charge is 0.434 e. The van der Waals surface area contributed by atoms with Crippen LogP contribution < -0.4 is 0 Å². The van der Waals surface area contributed by atoms with Crippen LogP contribution in [0, 0.1) is 16.7 Å². The number of carbonyl (C=O) groups excluding carboxylic acids is 2. The van der Waals surface area contributed by atoms with Crippen LogP contribution in [0.2, 0.25) is 0 Å². The highest BCUT2D eigenvalue weighted by molar-refractivity contribution is 5.83. The lowest BCUT2D eigenvalue weighted by atomic mass is 9.70. The van der Waals surface area contributed by atoms with E-state index in [2.05, 4.69) is 4.74 Å². The summed E-state index contributed by atoms with van der Waals surface area (Å²) in [7, 11) is 0. The van der Waals surface area contributed by atoms with E-state index in [1.165, 1.54) is 0 Å². The zero-order valence-electron chi connectivity index (χ0n) is 18.0. The highest BCUT2D eigenvalue weighted by Crippen LogP contribution is 2.40. The van der Waals surface area contributed by atoms with E-state index in [4.69, 9.17) is 4.74 Å². The van der Waals surface area contributed by atoms with Crippen molar-refractivity contribution in [3.8, 4) is 0 Å². The molecule has 172 valence electrons. The van der Waals surface area contributed by atoms with Crippen molar-refractivity contribution < 1.29 is 45.4 Å². The average molecular weight is 436 g/mol. The molecule has 0 aliphatic rings. The number of hydrogen-bond acceptors (Lipinski definition) is 4. The summed E-state index contributed by atoms with van der Waals surface area (Å²) in [6, 6.07) is 0. The zero-order valence-corrected chi connectivity index (χ0v) is 18.0. The van der Waals surface area contributed by atoms with Gasteiger partial charge in [0.25, 0.3) is 6.10 Å². The normalized spacial score (nSPS) is 15.3. The van der Waals surface area contributed by atoms with Crippen molar-refractivity contribution in [2.24, 2.45) is 16.7 Å². The predicted molar refractivity (Wildman–Crippen MR) is 93.8 cm³/mol. The number of halogens is 6. The number of ether oxygens (including phenoxy) is 2. The molecule has 1 unspecified atom stereocenters. The minimum atomic E-state index is -5.85. The Morgan fingerprint density at radius 2 is 1.24 bits per heavy atom. The molecule has 4 nitrogen and oxygen atoms in total. The molecule has 0 aliphatic carbocycles. The predicted octanol–water partition coefficient (Wildman–Crippen LogP) is 5.83. The van der Waals surface area contributed by atoms with E-state index in [0.717, 1.165) is 20.3 Å². The number of hydrogen-bond donors (Lipinski definition) is 0. The van der Waals surface area contributed by atoms with Crippen LogP contribution in [0.25, 0.3) is 0 Å². The van der Waals surface area contributed by atoms with Gasteiger partial charge in [-0.15, -0.1) is 0 Å². The number of rotatable bonds is 7. The van der Waals surface area contributed by atoms with E-state index in [1.807, 2.05) is 20.8 Å². The monoisotopic (exact) mass is 436 g/mol. The van der Waals surface area contributed by atoms with Crippen molar-refractivity contribution in [3.05, 3.63) is 0 Å². The molecular weight excluding hydrogens is 406 g/mol. The maximum Gasteiger partial charge on any atom is 0.434 e. The van der Waals surface area contributed by atoms with Gasteiger partial charge in [-0.3, -0.25) is 4.79 Å². The van der Waals surface area contributed by atoms with Gasteiger partial charge in [0.05, 0.1) is 5.92 Å². The van der Waals surface area contributed by atoms with Crippen molar-refractivity contribution in [1.82, 2.24) is 0 Å². The van der Waals surface area contributed by atoms with Crippen molar-refractivity contribution >= 4 is 11.9 Å². The second-order valence-electron chi connectivity index (χ2n) is 9.44. The molecule has 0 bridgehead atoms. The lowest BCUT2D eigenvalue weighted by Gasteiger charge is -2.37. The maximum atomic E-state index is 12.7. The van der Waals surface area contributed by atoms with Gasteiger partial charge >= 0.3 is 24.3 Å². The summed E-state index contributed by atoms with van der Waals surface area (Å²) in [4.78, 5) is 24.7. The topological polar surface area (TPSA) is 52.6 Å². The summed E-state index contributed by atoms with van der Waals surface area (Å²) >= 11 is 0. The van der Waals surface area contributed by atoms with Gasteiger partial charge in [-0.2, -0.15) is 26.3 Å². The van der Waals surface area contributed by atoms with Gasteiger partial charge in [-0.05, 0) is 31.1 Å². The molecule has 0 saturated heterocycles. The standard InChI is InChI=1S/C19H30F6O4/c1-9-16(5,6)10-11(15(2,3)4)12(26)29-17(7,8)14(27)28-13(18(20,21)22)19(23,24)25/h11,13H,9-10H2,1-8H3. The zero-order chi connectivity index (χ0) is 23.6. The summed E-state index contributed by atoms with van der Waals surface area (Å²) in [6.07, 6.45) is -14.9. The van der Waals surface area contributed by atoms with Gasteiger partial charge in [0.1, 0.15) is 0 Å². The van der Waals surface area contributed by atoms with Crippen LogP contribution >= 0.6 is 0 Å². The van der Waals surface area contributed by atoms with Gasteiger partial charge < -0.3 is 9.47 Å². The minimum absolute atomic E-state index is 0.278. The first kappa shape index (κ1) is 27.5. The first-order valence-electron chi connectivity index (χ1n) is 9.12. The molecule has 0 fully saturated rings. The third-order valence-electron chi connectivity index (χ3n) is 4.71. The first-order valence-corrected chi connectivity index (χ1v) is 9.12. The Kier molecular flexibility index (Phi) is 8.27. The summed E-state index contributed by atoms with van der Waals surface area (Å²) < 4.78 is 84.5. The summed E-state index contributed by atoms with van der Waals surface area (Å²) in [5.74, 6) is -3.57. The number of carbonyl (C=O) groups is 2. The van der Waals surface area contributed by atoms with E-state index < -0.39 is 47.3 Å². The molecule has 0 aliphatic heterocycles. The molecule has 0 saturated carbocycles. The molecule has 0 amide bonds. The molecule has 0 radical (unpaired) electrons. The third-order valence-corrected chi connectivity index (χ3v) is 4.71. The second-order valence-corrected chi connectivity index (χ2v) is 9.44. The molecule has 10 heteroatoms.